The summed E-state index contributed by atoms with van der Waals surface area (Å²) < 4.78 is 22.6. The number of nitrogens with one attached hydrogen (secondary N) is 1. The molecule has 0 fully saturated rings. The van der Waals surface area contributed by atoms with Crippen molar-refractivity contribution in [2.45, 2.75) is 11.8 Å². The van der Waals surface area contributed by atoms with Gasteiger partial charge >= 0.3 is 0 Å². The minimum atomic E-state index is -3.07. The molecule has 0 saturated heterocycles. The fourth-order valence-electron chi connectivity index (χ4n) is 1.36. The van der Waals surface area contributed by atoms with E-state index >= 15 is 0 Å². The predicted molar refractivity (Wildman–Crippen MR) is 79.9 cm³/mol. The second-order valence-electron chi connectivity index (χ2n) is 3.84. The van der Waals surface area contributed by atoms with E-state index in [1.807, 2.05) is 12.3 Å². The Morgan fingerprint density at radius 2 is 2.11 bits per heavy atom. The second kappa shape index (κ2) is 7.17. The van der Waals surface area contributed by atoms with Gasteiger partial charge in [-0.3, -0.25) is 4.79 Å². The summed E-state index contributed by atoms with van der Waals surface area (Å²) in [6.45, 7) is 1.67. The highest BCUT2D eigenvalue weighted by Gasteiger charge is 2.12. The maximum atomic E-state index is 11.9. The van der Waals surface area contributed by atoms with Crippen molar-refractivity contribution >= 4 is 39.1 Å². The molecule has 0 saturated carbocycles. The van der Waals surface area contributed by atoms with Crippen LogP contribution < -0.4 is 5.32 Å². The minimum absolute atomic E-state index is 0.0604. The Morgan fingerprint density at radius 1 is 1.42 bits per heavy atom. The fourth-order valence-corrected chi connectivity index (χ4v) is 2.71. The maximum Gasteiger partial charge on any atom is 0.252 e. The van der Waals surface area contributed by atoms with Gasteiger partial charge in [-0.05, 0) is 24.5 Å². The summed E-state index contributed by atoms with van der Waals surface area (Å²) in [4.78, 5) is 12.8. The average molecular weight is 322 g/mol. The summed E-state index contributed by atoms with van der Waals surface area (Å²) in [5.74, 6) is -0.340. The molecule has 0 aromatic heterocycles. The van der Waals surface area contributed by atoms with Crippen LogP contribution in [0.1, 0.15) is 17.3 Å². The number of rotatable bonds is 6. The Labute approximate surface area is 122 Å². The molecule has 0 unspecified atom stereocenters. The fraction of sp³-hybridized carbons (Fsp3) is 0.417. The number of sulfone groups is 1. The monoisotopic (exact) mass is 321 g/mol. The molecule has 0 aliphatic rings. The zero-order valence-corrected chi connectivity index (χ0v) is 13.2. The molecule has 0 aliphatic carbocycles. The molecule has 7 heteroatoms. The van der Waals surface area contributed by atoms with Gasteiger partial charge < -0.3 is 5.32 Å². The van der Waals surface area contributed by atoms with E-state index in [-0.39, 0.29) is 24.0 Å². The van der Waals surface area contributed by atoms with Crippen LogP contribution in [-0.4, -0.2) is 38.6 Å². The van der Waals surface area contributed by atoms with E-state index in [1.165, 1.54) is 11.8 Å². The zero-order chi connectivity index (χ0) is 14.5. The minimum Gasteiger partial charge on any atom is -0.351 e. The molecule has 19 heavy (non-hydrogen) atoms. The summed E-state index contributed by atoms with van der Waals surface area (Å²) >= 11 is 7.46. The summed E-state index contributed by atoms with van der Waals surface area (Å²) in [6, 6.07) is 5.17. The maximum absolute atomic E-state index is 11.9. The van der Waals surface area contributed by atoms with E-state index < -0.39 is 9.84 Å². The third-order valence-corrected chi connectivity index (χ3v) is 5.32. The van der Waals surface area contributed by atoms with Crippen LogP contribution in [0, 0.1) is 0 Å². The van der Waals surface area contributed by atoms with Crippen LogP contribution in [0.3, 0.4) is 0 Å². The van der Waals surface area contributed by atoms with Crippen LogP contribution in [-0.2, 0) is 9.84 Å². The molecule has 0 spiro atoms. The van der Waals surface area contributed by atoms with Crippen molar-refractivity contribution in [3.05, 3.63) is 28.8 Å². The van der Waals surface area contributed by atoms with Gasteiger partial charge in [-0.15, -0.1) is 11.8 Å². The van der Waals surface area contributed by atoms with Crippen LogP contribution >= 0.6 is 23.4 Å². The molecule has 0 atom stereocenters. The van der Waals surface area contributed by atoms with Crippen molar-refractivity contribution in [3.8, 4) is 0 Å². The number of amides is 1. The Morgan fingerprint density at radius 3 is 2.68 bits per heavy atom. The van der Waals surface area contributed by atoms with Crippen molar-refractivity contribution in [3.63, 3.8) is 0 Å². The Kier molecular flexibility index (Phi) is 6.16. The molecule has 0 bridgehead atoms. The lowest BCUT2D eigenvalue weighted by atomic mass is 10.2. The molecule has 1 N–H and O–H groups in total. The van der Waals surface area contributed by atoms with Gasteiger partial charge in [0.25, 0.3) is 5.91 Å². The quantitative estimate of drug-likeness (QED) is 0.816. The van der Waals surface area contributed by atoms with Crippen LogP contribution in [0.4, 0.5) is 0 Å². The number of hydrogen-bond acceptors (Lipinski definition) is 4. The zero-order valence-electron chi connectivity index (χ0n) is 10.8. The van der Waals surface area contributed by atoms with E-state index in [2.05, 4.69) is 5.32 Å². The van der Waals surface area contributed by atoms with Gasteiger partial charge in [-0.25, -0.2) is 8.42 Å². The van der Waals surface area contributed by atoms with Gasteiger partial charge in [0, 0.05) is 17.2 Å². The molecule has 1 aromatic carbocycles. The van der Waals surface area contributed by atoms with Crippen LogP contribution in [0.5, 0.6) is 0 Å². The van der Waals surface area contributed by atoms with E-state index in [4.69, 9.17) is 11.6 Å². The van der Waals surface area contributed by atoms with E-state index in [1.54, 1.807) is 19.1 Å². The molecule has 0 radical (unpaired) electrons. The molecular weight excluding hydrogens is 306 g/mol. The summed E-state index contributed by atoms with van der Waals surface area (Å²) in [5, 5.41) is 2.92. The molecular formula is C12H16ClNO3S2. The summed E-state index contributed by atoms with van der Waals surface area (Å²) in [5.41, 5.74) is 0.363. The van der Waals surface area contributed by atoms with Gasteiger partial charge in [0.1, 0.15) is 0 Å². The number of thioether (sulfide) groups is 1. The van der Waals surface area contributed by atoms with Crippen LogP contribution in [0.15, 0.2) is 23.1 Å². The van der Waals surface area contributed by atoms with Gasteiger partial charge in [0.2, 0.25) is 0 Å². The van der Waals surface area contributed by atoms with Gasteiger partial charge in [-0.2, -0.15) is 0 Å². The van der Waals surface area contributed by atoms with E-state index in [0.29, 0.717) is 10.6 Å². The molecule has 0 heterocycles. The third kappa shape index (κ3) is 5.04. The molecule has 0 aliphatic heterocycles. The van der Waals surface area contributed by atoms with E-state index in [9.17, 15) is 13.2 Å². The van der Waals surface area contributed by atoms with Crippen molar-refractivity contribution < 1.29 is 13.2 Å². The highest BCUT2D eigenvalue weighted by molar-refractivity contribution is 7.98. The lowest BCUT2D eigenvalue weighted by molar-refractivity contribution is 0.0956. The number of halogens is 1. The Bertz CT molecular complexity index is 558. The van der Waals surface area contributed by atoms with Gasteiger partial charge in [0.05, 0.1) is 16.3 Å². The predicted octanol–water partition coefficient (Wildman–Crippen LogP) is 2.23. The number of carbonyl (C=O) groups is 1. The standard InChI is InChI=1S/C12H16ClNO3S2/c1-3-19(16,17)7-6-14-12(15)10-8-9(18-2)4-5-11(10)13/h4-5,8H,3,6-7H2,1-2H3,(H,14,15). The summed E-state index contributed by atoms with van der Waals surface area (Å²) in [7, 11) is -3.07. The molecule has 1 aromatic rings. The normalized spacial score (nSPS) is 11.3. The van der Waals surface area contributed by atoms with Gasteiger partial charge in [-0.1, -0.05) is 18.5 Å². The first-order valence-electron chi connectivity index (χ1n) is 5.71. The molecule has 106 valence electrons. The molecule has 1 amide bonds. The van der Waals surface area contributed by atoms with Crippen molar-refractivity contribution in [2.75, 3.05) is 24.3 Å². The Hall–Kier alpha value is -0.720. The van der Waals surface area contributed by atoms with Gasteiger partial charge in [0.15, 0.2) is 9.84 Å². The lowest BCUT2D eigenvalue weighted by Gasteiger charge is -2.08. The lowest BCUT2D eigenvalue weighted by Crippen LogP contribution is -2.29. The second-order valence-corrected chi connectivity index (χ2v) is 7.60. The van der Waals surface area contributed by atoms with Crippen LogP contribution in [0.25, 0.3) is 0 Å². The summed E-state index contributed by atoms with van der Waals surface area (Å²) in [6.07, 6.45) is 1.90. The van der Waals surface area contributed by atoms with E-state index in [0.717, 1.165) is 4.90 Å². The third-order valence-electron chi connectivity index (χ3n) is 2.56. The topological polar surface area (TPSA) is 63.2 Å². The largest absolute Gasteiger partial charge is 0.351 e. The highest BCUT2D eigenvalue weighted by atomic mass is 35.5. The van der Waals surface area contributed by atoms with Crippen molar-refractivity contribution in [1.29, 1.82) is 0 Å². The first-order chi connectivity index (χ1) is 8.89. The van der Waals surface area contributed by atoms with Crippen LogP contribution in [0.2, 0.25) is 5.02 Å². The SMILES string of the molecule is CCS(=O)(=O)CCNC(=O)c1cc(SC)ccc1Cl. The first-order valence-corrected chi connectivity index (χ1v) is 9.14. The Balaban J connectivity index is 2.68. The number of carbonyl (C=O) groups excluding carboxylic acids is 1. The van der Waals surface area contributed by atoms with Crippen molar-refractivity contribution in [2.24, 2.45) is 0 Å². The number of hydrogen-bond donors (Lipinski definition) is 1. The first kappa shape index (κ1) is 16.3. The number of benzene rings is 1. The molecule has 4 nitrogen and oxygen atoms in total. The highest BCUT2D eigenvalue weighted by Crippen LogP contribution is 2.22. The average Bonchev–Trinajstić information content (AvgIpc) is 2.39. The van der Waals surface area contributed by atoms with Crippen molar-refractivity contribution in [1.82, 2.24) is 5.32 Å². The molecule has 1 rings (SSSR count). The smallest absolute Gasteiger partial charge is 0.252 e.